The average Bonchev–Trinajstić information content (AvgIpc) is 2.90. The fourth-order valence-corrected chi connectivity index (χ4v) is 4.42. The third-order valence-electron chi connectivity index (χ3n) is 6.04. The molecule has 2 unspecified atom stereocenters. The van der Waals surface area contributed by atoms with Gasteiger partial charge in [-0.1, -0.05) is 32.6 Å². The maximum atomic E-state index is 14.4. The van der Waals surface area contributed by atoms with E-state index >= 15 is 0 Å². The first kappa shape index (κ1) is 22.2. The molecule has 4 atom stereocenters. The molecule has 1 heterocycles. The van der Waals surface area contributed by atoms with E-state index in [1.54, 1.807) is 0 Å². The Hall–Kier alpha value is -1.08. The maximum absolute atomic E-state index is 14.4. The van der Waals surface area contributed by atoms with Gasteiger partial charge in [-0.3, -0.25) is 9.59 Å². The van der Waals surface area contributed by atoms with E-state index in [0.29, 0.717) is 32.1 Å². The lowest BCUT2D eigenvalue weighted by atomic mass is 9.81. The number of ether oxygens (including phenoxy) is 1. The first-order valence-electron chi connectivity index (χ1n) is 10.2. The number of ketones is 1. The number of aliphatic carboxylic acids is 1. The molecule has 0 aromatic carbocycles. The van der Waals surface area contributed by atoms with Crippen LogP contribution in [0.3, 0.4) is 0 Å². The fraction of sp³-hybridized carbons (Fsp3) is 0.900. The van der Waals surface area contributed by atoms with Gasteiger partial charge in [-0.2, -0.15) is 0 Å². The monoisotopic (exact) mass is 390 g/mol. The molecule has 0 amide bonds. The number of hydrogen-bond donors (Lipinski definition) is 2. The van der Waals surface area contributed by atoms with Crippen LogP contribution in [0, 0.1) is 11.8 Å². The Morgan fingerprint density at radius 2 is 1.96 bits per heavy atom. The number of halogens is 2. The number of fused-ring (bicyclic) bond motifs is 1. The van der Waals surface area contributed by atoms with E-state index in [1.807, 2.05) is 6.92 Å². The van der Waals surface area contributed by atoms with Crippen molar-refractivity contribution in [3.63, 3.8) is 0 Å². The second-order valence-corrected chi connectivity index (χ2v) is 8.07. The van der Waals surface area contributed by atoms with Crippen LogP contribution >= 0.6 is 0 Å². The minimum Gasteiger partial charge on any atom is -0.481 e. The van der Waals surface area contributed by atoms with E-state index in [0.717, 1.165) is 19.3 Å². The zero-order valence-corrected chi connectivity index (χ0v) is 16.1. The number of Topliss-reactive ketones (excluding diaryl/α,β-unsaturated/α-hetero) is 1. The first-order valence-corrected chi connectivity index (χ1v) is 10.2. The summed E-state index contributed by atoms with van der Waals surface area (Å²) in [5.74, 6) is -6.82. The van der Waals surface area contributed by atoms with Crippen LogP contribution in [-0.2, 0) is 14.3 Å². The first-order chi connectivity index (χ1) is 12.7. The Bertz CT molecular complexity index is 525. The molecule has 7 heteroatoms. The fourth-order valence-electron chi connectivity index (χ4n) is 4.42. The standard InChI is InChI=1S/C20H32F2O5/c1-2-3-11-19(21,22)20(26)12-10-15-14(16(23)13-17(15)27-20)8-6-4-5-7-9-18(24)25/h14-15,17,26H,2-13H2,1H3,(H,24,25)/t14?,15?,17-,20-/m1/s1. The highest BCUT2D eigenvalue weighted by molar-refractivity contribution is 5.84. The Morgan fingerprint density at radius 3 is 2.63 bits per heavy atom. The molecule has 2 aliphatic rings. The van der Waals surface area contributed by atoms with E-state index in [2.05, 4.69) is 0 Å². The molecule has 0 aromatic rings. The molecular formula is C20H32F2O5. The summed E-state index contributed by atoms with van der Waals surface area (Å²) in [5.41, 5.74) is 0. The van der Waals surface area contributed by atoms with Crippen LogP contribution < -0.4 is 0 Å². The molecule has 1 aliphatic carbocycles. The summed E-state index contributed by atoms with van der Waals surface area (Å²) >= 11 is 0. The van der Waals surface area contributed by atoms with Gasteiger partial charge in [0.15, 0.2) is 0 Å². The average molecular weight is 390 g/mol. The zero-order chi connectivity index (χ0) is 20.1. The molecule has 2 N–H and O–H groups in total. The summed E-state index contributed by atoms with van der Waals surface area (Å²) in [4.78, 5) is 22.8. The summed E-state index contributed by atoms with van der Waals surface area (Å²) in [7, 11) is 0. The summed E-state index contributed by atoms with van der Waals surface area (Å²) < 4.78 is 34.3. The van der Waals surface area contributed by atoms with E-state index < -0.39 is 30.2 Å². The lowest BCUT2D eigenvalue weighted by Gasteiger charge is -2.43. The Kier molecular flexibility index (Phi) is 7.74. The third kappa shape index (κ3) is 5.47. The van der Waals surface area contributed by atoms with Crippen molar-refractivity contribution in [2.24, 2.45) is 11.8 Å². The summed E-state index contributed by atoms with van der Waals surface area (Å²) in [5, 5.41) is 19.1. The zero-order valence-electron chi connectivity index (χ0n) is 16.1. The summed E-state index contributed by atoms with van der Waals surface area (Å²) in [6.45, 7) is 1.82. The van der Waals surface area contributed by atoms with Crippen LogP contribution in [0.15, 0.2) is 0 Å². The molecule has 1 saturated carbocycles. The lowest BCUT2D eigenvalue weighted by molar-refractivity contribution is -0.356. The number of carboxylic acid groups (broad SMARTS) is 1. The number of rotatable bonds is 11. The molecular weight excluding hydrogens is 358 g/mol. The molecule has 5 nitrogen and oxygen atoms in total. The van der Waals surface area contributed by atoms with Gasteiger partial charge in [0.2, 0.25) is 5.79 Å². The molecule has 27 heavy (non-hydrogen) atoms. The van der Waals surface area contributed by atoms with Gasteiger partial charge in [0.1, 0.15) is 5.78 Å². The predicted octanol–water partition coefficient (Wildman–Crippen LogP) is 4.31. The van der Waals surface area contributed by atoms with E-state index in [1.165, 1.54) is 0 Å². The van der Waals surface area contributed by atoms with Crippen LogP contribution in [0.4, 0.5) is 8.78 Å². The molecule has 0 spiro atoms. The number of alkyl halides is 2. The van der Waals surface area contributed by atoms with Crippen molar-refractivity contribution in [2.75, 3.05) is 0 Å². The van der Waals surface area contributed by atoms with Gasteiger partial charge in [-0.15, -0.1) is 0 Å². The Morgan fingerprint density at radius 1 is 1.26 bits per heavy atom. The second-order valence-electron chi connectivity index (χ2n) is 8.07. The highest BCUT2D eigenvalue weighted by Crippen LogP contribution is 2.49. The van der Waals surface area contributed by atoms with Gasteiger partial charge >= 0.3 is 11.9 Å². The van der Waals surface area contributed by atoms with Crippen LogP contribution in [0.1, 0.15) is 84.0 Å². The van der Waals surface area contributed by atoms with Crippen LogP contribution in [0.5, 0.6) is 0 Å². The number of unbranched alkanes of at least 4 members (excludes halogenated alkanes) is 4. The minimum atomic E-state index is -3.31. The minimum absolute atomic E-state index is 0.0386. The number of carbonyl (C=O) groups excluding carboxylic acids is 1. The largest absolute Gasteiger partial charge is 0.481 e. The van der Waals surface area contributed by atoms with Crippen molar-refractivity contribution >= 4 is 11.8 Å². The second kappa shape index (κ2) is 9.41. The van der Waals surface area contributed by atoms with Crippen molar-refractivity contribution < 1.29 is 33.3 Å². The van der Waals surface area contributed by atoms with E-state index in [4.69, 9.17) is 9.84 Å². The smallest absolute Gasteiger partial charge is 0.303 e. The highest BCUT2D eigenvalue weighted by Gasteiger charge is 2.59. The van der Waals surface area contributed by atoms with Crippen molar-refractivity contribution in [3.05, 3.63) is 0 Å². The Balaban J connectivity index is 1.84. The quantitative estimate of drug-likeness (QED) is 0.514. The van der Waals surface area contributed by atoms with Crippen molar-refractivity contribution in [3.8, 4) is 0 Å². The number of aliphatic hydroxyl groups is 1. The van der Waals surface area contributed by atoms with Gasteiger partial charge in [0.25, 0.3) is 0 Å². The van der Waals surface area contributed by atoms with Gasteiger partial charge in [-0.05, 0) is 31.6 Å². The topological polar surface area (TPSA) is 83.8 Å². The van der Waals surface area contributed by atoms with Gasteiger partial charge in [0, 0.05) is 31.6 Å². The molecule has 2 rings (SSSR count). The molecule has 0 radical (unpaired) electrons. The Labute approximate surface area is 159 Å². The molecule has 156 valence electrons. The maximum Gasteiger partial charge on any atom is 0.303 e. The van der Waals surface area contributed by atoms with Gasteiger partial charge in [0.05, 0.1) is 6.10 Å². The summed E-state index contributed by atoms with van der Waals surface area (Å²) in [6, 6.07) is 0. The predicted molar refractivity (Wildman–Crippen MR) is 95.5 cm³/mol. The SMILES string of the molecule is CCCCC(F)(F)[C@@]1(O)CCC2C(CCCCCCC(=O)O)C(=O)C[C@H]2O1. The van der Waals surface area contributed by atoms with E-state index in [-0.39, 0.29) is 36.9 Å². The van der Waals surface area contributed by atoms with Crippen molar-refractivity contribution in [2.45, 2.75) is 102 Å². The lowest BCUT2D eigenvalue weighted by Crippen LogP contribution is -2.55. The molecule has 1 aliphatic heterocycles. The van der Waals surface area contributed by atoms with Crippen molar-refractivity contribution in [1.29, 1.82) is 0 Å². The normalized spacial score (nSPS) is 31.1. The highest BCUT2D eigenvalue weighted by atomic mass is 19.3. The number of carbonyl (C=O) groups is 2. The third-order valence-corrected chi connectivity index (χ3v) is 6.04. The molecule has 0 bridgehead atoms. The van der Waals surface area contributed by atoms with Crippen LogP contribution in [0.25, 0.3) is 0 Å². The summed E-state index contributed by atoms with van der Waals surface area (Å²) in [6.07, 6.45) is 4.17. The van der Waals surface area contributed by atoms with Crippen LogP contribution in [0.2, 0.25) is 0 Å². The van der Waals surface area contributed by atoms with Crippen molar-refractivity contribution in [1.82, 2.24) is 0 Å². The molecule has 0 aromatic heterocycles. The van der Waals surface area contributed by atoms with Crippen LogP contribution in [-0.4, -0.2) is 39.8 Å². The number of hydrogen-bond acceptors (Lipinski definition) is 4. The molecule has 1 saturated heterocycles. The van der Waals surface area contributed by atoms with E-state index in [9.17, 15) is 23.5 Å². The molecule has 2 fully saturated rings. The van der Waals surface area contributed by atoms with Gasteiger partial charge < -0.3 is 14.9 Å². The van der Waals surface area contributed by atoms with Gasteiger partial charge in [-0.25, -0.2) is 8.78 Å². The number of carboxylic acids is 1.